The average molecular weight is 754 g/mol. The monoisotopic (exact) mass is 753 g/mol. The van der Waals surface area contributed by atoms with Crippen LogP contribution < -0.4 is 14.2 Å². The highest BCUT2D eigenvalue weighted by molar-refractivity contribution is 7.22. The number of esters is 2. The van der Waals surface area contributed by atoms with Crippen LogP contribution in [0.3, 0.4) is 0 Å². The van der Waals surface area contributed by atoms with Crippen molar-refractivity contribution < 1.29 is 28.6 Å². The third kappa shape index (κ3) is 12.8. The predicted molar refractivity (Wildman–Crippen MR) is 220 cm³/mol. The molecule has 8 heteroatoms. The van der Waals surface area contributed by atoms with Gasteiger partial charge in [0.2, 0.25) is 0 Å². The second kappa shape index (κ2) is 22.4. The van der Waals surface area contributed by atoms with Crippen LogP contribution in [0.15, 0.2) is 66.7 Å². The Balaban J connectivity index is 1.30. The summed E-state index contributed by atoms with van der Waals surface area (Å²) in [4.78, 5) is 42.8. The predicted octanol–water partition coefficient (Wildman–Crippen LogP) is 12.0. The first-order chi connectivity index (χ1) is 26.4. The van der Waals surface area contributed by atoms with Gasteiger partial charge in [-0.05, 0) is 111 Å². The molecule has 0 amide bonds. The van der Waals surface area contributed by atoms with Crippen LogP contribution in [0.5, 0.6) is 17.2 Å². The Morgan fingerprint density at radius 2 is 1.19 bits per heavy atom. The van der Waals surface area contributed by atoms with Crippen molar-refractivity contribution in [3.8, 4) is 27.7 Å². The Kier molecular flexibility index (Phi) is 17.1. The Bertz CT molecular complexity index is 1760. The van der Waals surface area contributed by atoms with Crippen molar-refractivity contribution in [1.29, 1.82) is 0 Å². The van der Waals surface area contributed by atoms with Gasteiger partial charge < -0.3 is 14.2 Å². The summed E-state index contributed by atoms with van der Waals surface area (Å²) >= 11 is 1.49. The topological polar surface area (TPSA) is 82.1 Å². The lowest BCUT2D eigenvalue weighted by molar-refractivity contribution is -0.135. The summed E-state index contributed by atoms with van der Waals surface area (Å²) < 4.78 is 18.3. The average Bonchev–Trinajstić information content (AvgIpc) is 3.57. The number of unbranched alkanes of at least 4 members (excludes halogenated alkanes) is 10. The molecule has 0 unspecified atom stereocenters. The van der Waals surface area contributed by atoms with Crippen LogP contribution in [0, 0.1) is 0 Å². The standard InChI is InChI=1S/C46H59NO6S/c1-3-5-7-9-11-14-18-42(48)52-38-26-22-36(23-27-38)46-44(45(50)35-20-24-37(25-21-35)51-33-32-47-30-16-13-17-31-47)40-29-28-39(34-41(40)54-46)53-43(49)19-15-12-10-8-6-4-2/h20-29,34H,3-19,30-33H2,1-2H3. The van der Waals surface area contributed by atoms with E-state index in [1.54, 1.807) is 18.2 Å². The number of hydrogen-bond donors (Lipinski definition) is 0. The molecule has 0 N–H and O–H groups in total. The molecular formula is C46H59NO6S. The molecule has 0 atom stereocenters. The zero-order valence-electron chi connectivity index (χ0n) is 32.5. The number of rotatable bonds is 23. The molecule has 0 bridgehead atoms. The van der Waals surface area contributed by atoms with E-state index in [4.69, 9.17) is 14.2 Å². The minimum atomic E-state index is -0.238. The number of ketones is 1. The highest BCUT2D eigenvalue weighted by Crippen LogP contribution is 2.42. The van der Waals surface area contributed by atoms with Crippen LogP contribution in [-0.2, 0) is 9.59 Å². The summed E-state index contributed by atoms with van der Waals surface area (Å²) in [5.74, 6) is 1.14. The maximum atomic E-state index is 14.3. The minimum Gasteiger partial charge on any atom is -0.492 e. The zero-order chi connectivity index (χ0) is 38.0. The van der Waals surface area contributed by atoms with Crippen molar-refractivity contribution in [2.75, 3.05) is 26.2 Å². The highest BCUT2D eigenvalue weighted by atomic mass is 32.1. The van der Waals surface area contributed by atoms with Crippen molar-refractivity contribution in [2.24, 2.45) is 0 Å². The van der Waals surface area contributed by atoms with Gasteiger partial charge in [0.05, 0.1) is 0 Å². The van der Waals surface area contributed by atoms with E-state index in [1.165, 1.54) is 69.1 Å². The molecule has 7 nitrogen and oxygen atoms in total. The normalized spacial score (nSPS) is 13.2. The van der Waals surface area contributed by atoms with E-state index >= 15 is 0 Å². The smallest absolute Gasteiger partial charge is 0.311 e. The fraction of sp³-hybridized carbons (Fsp3) is 0.500. The quantitative estimate of drug-likeness (QED) is 0.0323. The molecule has 290 valence electrons. The molecule has 1 aromatic heterocycles. The van der Waals surface area contributed by atoms with Gasteiger partial charge in [-0.1, -0.05) is 84.5 Å². The van der Waals surface area contributed by atoms with E-state index < -0.39 is 0 Å². The molecule has 0 radical (unpaired) electrons. The van der Waals surface area contributed by atoms with Gasteiger partial charge in [-0.25, -0.2) is 0 Å². The lowest BCUT2D eigenvalue weighted by Crippen LogP contribution is -2.33. The molecule has 4 aromatic rings. The first-order valence-corrected chi connectivity index (χ1v) is 21.3. The van der Waals surface area contributed by atoms with Crippen LogP contribution >= 0.6 is 11.3 Å². The Morgan fingerprint density at radius 1 is 0.630 bits per heavy atom. The molecule has 1 saturated heterocycles. The second-order valence-electron chi connectivity index (χ2n) is 14.6. The number of carbonyl (C=O) groups is 3. The van der Waals surface area contributed by atoms with Crippen molar-refractivity contribution in [3.05, 3.63) is 77.9 Å². The van der Waals surface area contributed by atoms with Gasteiger partial charge in [0, 0.05) is 45.5 Å². The molecule has 5 rings (SSSR count). The molecule has 1 aliphatic rings. The van der Waals surface area contributed by atoms with E-state index in [-0.39, 0.29) is 17.7 Å². The second-order valence-corrected chi connectivity index (χ2v) is 15.6. The number of fused-ring (bicyclic) bond motifs is 1. The van der Waals surface area contributed by atoms with E-state index in [0.29, 0.717) is 42.1 Å². The summed E-state index contributed by atoms with van der Waals surface area (Å²) in [5, 5.41) is 0.798. The Labute approximate surface area is 326 Å². The fourth-order valence-electron chi connectivity index (χ4n) is 7.03. The molecule has 0 spiro atoms. The molecule has 0 saturated carbocycles. The number of likely N-dealkylation sites (tertiary alicyclic amines) is 1. The zero-order valence-corrected chi connectivity index (χ0v) is 33.3. The van der Waals surface area contributed by atoms with Crippen LogP contribution in [0.25, 0.3) is 20.5 Å². The number of benzene rings is 3. The fourth-order valence-corrected chi connectivity index (χ4v) is 8.26. The van der Waals surface area contributed by atoms with Gasteiger partial charge in [-0.2, -0.15) is 0 Å². The number of ether oxygens (including phenoxy) is 3. The van der Waals surface area contributed by atoms with Crippen LogP contribution in [0.1, 0.15) is 139 Å². The number of piperidine rings is 1. The number of nitrogens with zero attached hydrogens (tertiary/aromatic N) is 1. The van der Waals surface area contributed by atoms with Crippen LogP contribution in [-0.4, -0.2) is 48.9 Å². The SMILES string of the molecule is CCCCCCCCC(=O)Oc1ccc(-c2sc3cc(OC(=O)CCCCCCCC)ccc3c2C(=O)c2ccc(OCCN3CCCCC3)cc2)cc1. The summed E-state index contributed by atoms with van der Waals surface area (Å²) in [6.45, 7) is 8.17. The molecule has 2 heterocycles. The molecule has 3 aromatic carbocycles. The van der Waals surface area contributed by atoms with Crippen molar-refractivity contribution in [3.63, 3.8) is 0 Å². The lowest BCUT2D eigenvalue weighted by Gasteiger charge is -2.26. The van der Waals surface area contributed by atoms with Gasteiger partial charge in [0.15, 0.2) is 5.78 Å². The van der Waals surface area contributed by atoms with Gasteiger partial charge in [-0.3, -0.25) is 19.3 Å². The third-order valence-corrected chi connectivity index (χ3v) is 11.4. The van der Waals surface area contributed by atoms with Crippen molar-refractivity contribution >= 4 is 39.1 Å². The van der Waals surface area contributed by atoms with Crippen molar-refractivity contribution in [1.82, 2.24) is 4.90 Å². The maximum Gasteiger partial charge on any atom is 0.311 e. The molecule has 54 heavy (non-hydrogen) atoms. The largest absolute Gasteiger partial charge is 0.492 e. The van der Waals surface area contributed by atoms with Crippen molar-refractivity contribution in [2.45, 2.75) is 123 Å². The highest BCUT2D eigenvalue weighted by Gasteiger charge is 2.23. The summed E-state index contributed by atoms with van der Waals surface area (Å²) in [6.07, 6.45) is 17.9. The number of thiophene rings is 1. The molecule has 1 aliphatic heterocycles. The minimum absolute atomic E-state index is 0.0987. The maximum absolute atomic E-state index is 14.3. The molecular weight excluding hydrogens is 695 g/mol. The van der Waals surface area contributed by atoms with E-state index in [0.717, 1.165) is 84.4 Å². The summed E-state index contributed by atoms with van der Waals surface area (Å²) in [5.41, 5.74) is 2.00. The third-order valence-electron chi connectivity index (χ3n) is 10.2. The summed E-state index contributed by atoms with van der Waals surface area (Å²) in [7, 11) is 0. The number of carbonyl (C=O) groups excluding carboxylic acids is 3. The van der Waals surface area contributed by atoms with E-state index in [1.807, 2.05) is 48.5 Å². The molecule has 1 fully saturated rings. The van der Waals surface area contributed by atoms with Gasteiger partial charge in [0.1, 0.15) is 23.9 Å². The first-order valence-electron chi connectivity index (χ1n) is 20.5. The Morgan fingerprint density at radius 3 is 1.81 bits per heavy atom. The lowest BCUT2D eigenvalue weighted by atomic mass is 9.97. The van der Waals surface area contributed by atoms with Crippen LogP contribution in [0.4, 0.5) is 0 Å². The van der Waals surface area contributed by atoms with Gasteiger partial charge >= 0.3 is 11.9 Å². The van der Waals surface area contributed by atoms with Gasteiger partial charge in [0.25, 0.3) is 0 Å². The number of hydrogen-bond acceptors (Lipinski definition) is 8. The summed E-state index contributed by atoms with van der Waals surface area (Å²) in [6, 6.07) is 20.3. The molecule has 0 aliphatic carbocycles. The van der Waals surface area contributed by atoms with E-state index in [2.05, 4.69) is 18.7 Å². The van der Waals surface area contributed by atoms with Gasteiger partial charge in [-0.15, -0.1) is 11.3 Å². The van der Waals surface area contributed by atoms with E-state index in [9.17, 15) is 14.4 Å². The first kappa shape index (κ1) is 41.2. The van der Waals surface area contributed by atoms with Crippen LogP contribution in [0.2, 0.25) is 0 Å². The Hall–Kier alpha value is -4.01.